The van der Waals surface area contributed by atoms with Crippen molar-refractivity contribution in [1.29, 1.82) is 0 Å². The van der Waals surface area contributed by atoms with Gasteiger partial charge in [0.25, 0.3) is 5.91 Å². The average molecular weight is 388 g/mol. The maximum atomic E-state index is 13.1. The molecule has 4 heteroatoms. The van der Waals surface area contributed by atoms with E-state index in [0.29, 0.717) is 18.7 Å². The molecule has 1 heterocycles. The second kappa shape index (κ2) is 8.24. The van der Waals surface area contributed by atoms with Crippen LogP contribution in [0.3, 0.4) is 0 Å². The summed E-state index contributed by atoms with van der Waals surface area (Å²) in [6.07, 6.45) is 4.70. The fourth-order valence-electron chi connectivity index (χ4n) is 4.68. The van der Waals surface area contributed by atoms with Gasteiger partial charge in [0.2, 0.25) is 0 Å². The zero-order valence-corrected chi connectivity index (χ0v) is 17.3. The SMILES string of the molecule is Cc1nn(Cc2ccccc2)c(C)c1C(=O)NCC1(c2ccccc2)CCCC1. The lowest BCUT2D eigenvalue weighted by Gasteiger charge is -2.30. The maximum absolute atomic E-state index is 13.1. The van der Waals surface area contributed by atoms with Crippen molar-refractivity contribution >= 4 is 5.91 Å². The van der Waals surface area contributed by atoms with Crippen LogP contribution in [-0.4, -0.2) is 22.2 Å². The molecule has 0 unspecified atom stereocenters. The topological polar surface area (TPSA) is 46.9 Å². The second-order valence-corrected chi connectivity index (χ2v) is 8.23. The number of carbonyl (C=O) groups is 1. The molecule has 1 aliphatic carbocycles. The molecule has 29 heavy (non-hydrogen) atoms. The van der Waals surface area contributed by atoms with E-state index in [9.17, 15) is 4.79 Å². The summed E-state index contributed by atoms with van der Waals surface area (Å²) < 4.78 is 1.93. The molecule has 4 rings (SSSR count). The normalized spacial score (nSPS) is 15.4. The lowest BCUT2D eigenvalue weighted by molar-refractivity contribution is 0.0941. The summed E-state index contributed by atoms with van der Waals surface area (Å²) in [5.74, 6) is -0.0125. The van der Waals surface area contributed by atoms with Gasteiger partial charge < -0.3 is 5.32 Å². The minimum atomic E-state index is -0.0125. The number of hydrogen-bond acceptors (Lipinski definition) is 2. The fraction of sp³-hybridized carbons (Fsp3) is 0.360. The van der Waals surface area contributed by atoms with Gasteiger partial charge in [-0.05, 0) is 37.8 Å². The highest BCUT2D eigenvalue weighted by atomic mass is 16.1. The van der Waals surface area contributed by atoms with Crippen LogP contribution < -0.4 is 5.32 Å². The first kappa shape index (κ1) is 19.4. The smallest absolute Gasteiger partial charge is 0.255 e. The van der Waals surface area contributed by atoms with Crippen LogP contribution in [0, 0.1) is 13.8 Å². The minimum Gasteiger partial charge on any atom is -0.351 e. The van der Waals surface area contributed by atoms with Crippen LogP contribution in [0.1, 0.15) is 58.6 Å². The van der Waals surface area contributed by atoms with Crippen molar-refractivity contribution in [2.75, 3.05) is 6.54 Å². The number of hydrogen-bond donors (Lipinski definition) is 1. The van der Waals surface area contributed by atoms with Gasteiger partial charge in [-0.3, -0.25) is 9.48 Å². The average Bonchev–Trinajstić information content (AvgIpc) is 3.33. The predicted octanol–water partition coefficient (Wildman–Crippen LogP) is 4.79. The molecule has 1 fully saturated rings. The van der Waals surface area contributed by atoms with Gasteiger partial charge in [0.15, 0.2) is 0 Å². The standard InChI is InChI=1S/C25H29N3O/c1-19-23(20(2)28(27-19)17-21-11-5-3-6-12-21)24(29)26-18-25(15-9-10-16-25)22-13-7-4-8-14-22/h3-8,11-14H,9-10,15-18H2,1-2H3,(H,26,29). The summed E-state index contributed by atoms with van der Waals surface area (Å²) in [6, 6.07) is 20.9. The Balaban J connectivity index is 1.51. The lowest BCUT2D eigenvalue weighted by atomic mass is 9.79. The molecule has 0 bridgehead atoms. The van der Waals surface area contributed by atoms with E-state index in [1.54, 1.807) is 0 Å². The number of rotatable bonds is 6. The monoisotopic (exact) mass is 387 g/mol. The summed E-state index contributed by atoms with van der Waals surface area (Å²) >= 11 is 0. The Morgan fingerprint density at radius 1 is 1.00 bits per heavy atom. The summed E-state index contributed by atoms with van der Waals surface area (Å²) in [7, 11) is 0. The zero-order chi connectivity index (χ0) is 20.3. The van der Waals surface area contributed by atoms with E-state index in [1.807, 2.05) is 36.7 Å². The summed E-state index contributed by atoms with van der Waals surface area (Å²) in [4.78, 5) is 13.1. The van der Waals surface area contributed by atoms with Crippen LogP contribution in [-0.2, 0) is 12.0 Å². The van der Waals surface area contributed by atoms with Gasteiger partial charge in [-0.15, -0.1) is 0 Å². The molecule has 1 aromatic heterocycles. The molecule has 1 amide bonds. The summed E-state index contributed by atoms with van der Waals surface area (Å²) in [5.41, 5.74) is 4.99. The van der Waals surface area contributed by atoms with Crippen molar-refractivity contribution in [2.45, 2.75) is 51.5 Å². The maximum Gasteiger partial charge on any atom is 0.255 e. The molecule has 4 nitrogen and oxygen atoms in total. The lowest BCUT2D eigenvalue weighted by Crippen LogP contribution is -2.39. The summed E-state index contributed by atoms with van der Waals surface area (Å²) in [5, 5.41) is 7.88. The third-order valence-electron chi connectivity index (χ3n) is 6.32. The van der Waals surface area contributed by atoms with Crippen molar-refractivity contribution < 1.29 is 4.79 Å². The molecule has 0 atom stereocenters. The van der Waals surface area contributed by atoms with Gasteiger partial charge in [0, 0.05) is 17.7 Å². The summed E-state index contributed by atoms with van der Waals surface area (Å²) in [6.45, 7) is 5.26. The first-order valence-electron chi connectivity index (χ1n) is 10.5. The third kappa shape index (κ3) is 3.98. The number of amides is 1. The van der Waals surface area contributed by atoms with E-state index >= 15 is 0 Å². The second-order valence-electron chi connectivity index (χ2n) is 8.23. The molecule has 0 saturated heterocycles. The van der Waals surface area contributed by atoms with Crippen molar-refractivity contribution in [2.24, 2.45) is 0 Å². The molecule has 150 valence electrons. The van der Waals surface area contributed by atoms with Crippen LogP contribution in [0.2, 0.25) is 0 Å². The molecule has 0 radical (unpaired) electrons. The molecule has 1 aliphatic rings. The molecule has 2 aromatic carbocycles. The molecule has 1 saturated carbocycles. The van der Waals surface area contributed by atoms with E-state index < -0.39 is 0 Å². The van der Waals surface area contributed by atoms with Crippen molar-refractivity contribution in [3.63, 3.8) is 0 Å². The van der Waals surface area contributed by atoms with Crippen molar-refractivity contribution in [3.8, 4) is 0 Å². The number of nitrogens with one attached hydrogen (secondary N) is 1. The number of nitrogens with zero attached hydrogens (tertiary/aromatic N) is 2. The van der Waals surface area contributed by atoms with Crippen molar-refractivity contribution in [1.82, 2.24) is 15.1 Å². The first-order chi connectivity index (χ1) is 14.1. The van der Waals surface area contributed by atoms with E-state index in [1.165, 1.54) is 24.0 Å². The number of carbonyl (C=O) groups excluding carboxylic acids is 1. The highest BCUT2D eigenvalue weighted by Gasteiger charge is 2.36. The third-order valence-corrected chi connectivity index (χ3v) is 6.32. The van der Waals surface area contributed by atoms with Gasteiger partial charge in [0.1, 0.15) is 0 Å². The van der Waals surface area contributed by atoms with Crippen molar-refractivity contribution in [3.05, 3.63) is 88.7 Å². The first-order valence-corrected chi connectivity index (χ1v) is 10.5. The number of aryl methyl sites for hydroxylation is 1. The fourth-order valence-corrected chi connectivity index (χ4v) is 4.68. The van der Waals surface area contributed by atoms with Gasteiger partial charge in [-0.1, -0.05) is 73.5 Å². The van der Waals surface area contributed by atoms with Crippen LogP contribution in [0.25, 0.3) is 0 Å². The zero-order valence-electron chi connectivity index (χ0n) is 17.3. The highest BCUT2D eigenvalue weighted by molar-refractivity contribution is 5.96. The number of benzene rings is 2. The molecule has 3 aromatic rings. The van der Waals surface area contributed by atoms with Crippen LogP contribution in [0.15, 0.2) is 60.7 Å². The van der Waals surface area contributed by atoms with E-state index in [-0.39, 0.29) is 11.3 Å². The van der Waals surface area contributed by atoms with E-state index in [4.69, 9.17) is 0 Å². The van der Waals surface area contributed by atoms with Gasteiger partial charge in [-0.25, -0.2) is 0 Å². The molecular weight excluding hydrogens is 358 g/mol. The van der Waals surface area contributed by atoms with Crippen LogP contribution in [0.4, 0.5) is 0 Å². The number of aromatic nitrogens is 2. The Morgan fingerprint density at radius 2 is 1.62 bits per heavy atom. The highest BCUT2D eigenvalue weighted by Crippen LogP contribution is 2.40. The van der Waals surface area contributed by atoms with Crippen LogP contribution in [0.5, 0.6) is 0 Å². The molecule has 0 aliphatic heterocycles. The largest absolute Gasteiger partial charge is 0.351 e. The van der Waals surface area contributed by atoms with E-state index in [0.717, 1.165) is 24.2 Å². The van der Waals surface area contributed by atoms with Gasteiger partial charge >= 0.3 is 0 Å². The minimum absolute atomic E-state index is 0.0125. The molecule has 0 spiro atoms. The Morgan fingerprint density at radius 3 is 2.28 bits per heavy atom. The molecule has 1 N–H and O–H groups in total. The Hall–Kier alpha value is -2.88. The van der Waals surface area contributed by atoms with Gasteiger partial charge in [0.05, 0.1) is 17.8 Å². The molecular formula is C25H29N3O. The quantitative estimate of drug-likeness (QED) is 0.661. The van der Waals surface area contributed by atoms with E-state index in [2.05, 4.69) is 52.9 Å². The Kier molecular flexibility index (Phi) is 5.52. The Labute approximate surface area is 173 Å². The Bertz CT molecular complexity index is 970. The van der Waals surface area contributed by atoms with Crippen LogP contribution >= 0.6 is 0 Å². The predicted molar refractivity (Wildman–Crippen MR) is 116 cm³/mol. The van der Waals surface area contributed by atoms with Gasteiger partial charge in [-0.2, -0.15) is 5.10 Å².